The van der Waals surface area contributed by atoms with Crippen molar-refractivity contribution in [3.8, 4) is 0 Å². The first-order chi connectivity index (χ1) is 6.77. The van der Waals surface area contributed by atoms with Gasteiger partial charge in [0.1, 0.15) is 0 Å². The van der Waals surface area contributed by atoms with Gasteiger partial charge in [-0.25, -0.2) is 0 Å². The Balaban J connectivity index is 0.000000461. The quantitative estimate of drug-likeness (QED) is 0.621. The third-order valence-corrected chi connectivity index (χ3v) is 2.55. The zero-order chi connectivity index (χ0) is 10.6. The molecule has 2 rings (SSSR count). The average molecular weight is 192 g/mol. The molecule has 0 fully saturated rings. The van der Waals surface area contributed by atoms with E-state index in [-0.39, 0.29) is 0 Å². The fourth-order valence-corrected chi connectivity index (χ4v) is 1.82. The lowest BCUT2D eigenvalue weighted by molar-refractivity contribution is 0.686. The van der Waals surface area contributed by atoms with Crippen LogP contribution in [0.3, 0.4) is 0 Å². The smallest absolute Gasteiger partial charge is 0.0550 e. The third-order valence-electron chi connectivity index (χ3n) is 2.55. The number of anilines is 2. The number of fused-ring (bicyclic) bond motifs is 1. The summed E-state index contributed by atoms with van der Waals surface area (Å²) in [5, 5.41) is 0. The van der Waals surface area contributed by atoms with Gasteiger partial charge in [-0.15, -0.1) is 0 Å². The maximum atomic E-state index is 5.72. The molecule has 0 heterocycles. The van der Waals surface area contributed by atoms with Gasteiger partial charge in [0, 0.05) is 0 Å². The van der Waals surface area contributed by atoms with Crippen LogP contribution < -0.4 is 11.5 Å². The minimum Gasteiger partial charge on any atom is -0.397 e. The Hall–Kier alpha value is -1.18. The molecule has 0 saturated heterocycles. The Morgan fingerprint density at radius 3 is 1.57 bits per heavy atom. The second-order valence-electron chi connectivity index (χ2n) is 3.46. The van der Waals surface area contributed by atoms with E-state index in [1.807, 2.05) is 26.0 Å². The van der Waals surface area contributed by atoms with Crippen LogP contribution in [0.4, 0.5) is 11.4 Å². The summed E-state index contributed by atoms with van der Waals surface area (Å²) in [6.45, 7) is 4.00. The van der Waals surface area contributed by atoms with Gasteiger partial charge in [-0.05, 0) is 48.9 Å². The largest absolute Gasteiger partial charge is 0.397 e. The minimum absolute atomic E-state index is 0.732. The number of hydrogen-bond donors (Lipinski definition) is 2. The molecule has 2 heteroatoms. The Morgan fingerprint density at radius 1 is 0.857 bits per heavy atom. The van der Waals surface area contributed by atoms with Crippen molar-refractivity contribution in [2.24, 2.45) is 0 Å². The van der Waals surface area contributed by atoms with E-state index in [1.165, 1.54) is 36.8 Å². The van der Waals surface area contributed by atoms with E-state index in [2.05, 4.69) is 0 Å². The Labute approximate surface area is 86.3 Å². The monoisotopic (exact) mass is 192 g/mol. The summed E-state index contributed by atoms with van der Waals surface area (Å²) < 4.78 is 0. The normalized spacial score (nSPS) is 13.9. The Morgan fingerprint density at radius 2 is 1.21 bits per heavy atom. The zero-order valence-electron chi connectivity index (χ0n) is 9.14. The van der Waals surface area contributed by atoms with Crippen molar-refractivity contribution in [2.75, 3.05) is 11.5 Å². The fourth-order valence-electron chi connectivity index (χ4n) is 1.82. The summed E-state index contributed by atoms with van der Waals surface area (Å²) in [5.74, 6) is 0. The molecule has 0 bridgehead atoms. The maximum Gasteiger partial charge on any atom is 0.0550 e. The highest BCUT2D eigenvalue weighted by atomic mass is 14.7. The Kier molecular flexibility index (Phi) is 3.81. The summed E-state index contributed by atoms with van der Waals surface area (Å²) in [7, 11) is 0. The molecule has 0 radical (unpaired) electrons. The van der Waals surface area contributed by atoms with Crippen LogP contribution in [0.5, 0.6) is 0 Å². The molecule has 1 aromatic carbocycles. The van der Waals surface area contributed by atoms with Crippen molar-refractivity contribution in [3.05, 3.63) is 23.3 Å². The summed E-state index contributed by atoms with van der Waals surface area (Å²) in [6, 6.07) is 4.06. The van der Waals surface area contributed by atoms with Crippen LogP contribution in [0.1, 0.15) is 37.8 Å². The maximum absolute atomic E-state index is 5.72. The van der Waals surface area contributed by atoms with Crippen LogP contribution in [-0.4, -0.2) is 0 Å². The van der Waals surface area contributed by atoms with E-state index in [0.29, 0.717) is 0 Å². The third kappa shape index (κ3) is 2.19. The molecular weight excluding hydrogens is 172 g/mol. The van der Waals surface area contributed by atoms with E-state index in [9.17, 15) is 0 Å². The van der Waals surface area contributed by atoms with Gasteiger partial charge in [0.2, 0.25) is 0 Å². The lowest BCUT2D eigenvalue weighted by atomic mass is 9.91. The molecule has 78 valence electrons. The summed E-state index contributed by atoms with van der Waals surface area (Å²) in [4.78, 5) is 0. The van der Waals surface area contributed by atoms with Crippen molar-refractivity contribution < 1.29 is 0 Å². The summed E-state index contributed by atoms with van der Waals surface area (Å²) >= 11 is 0. The highest BCUT2D eigenvalue weighted by Crippen LogP contribution is 2.27. The van der Waals surface area contributed by atoms with Crippen molar-refractivity contribution in [3.63, 3.8) is 0 Å². The van der Waals surface area contributed by atoms with E-state index < -0.39 is 0 Å². The fraction of sp³-hybridized carbons (Fsp3) is 0.500. The second kappa shape index (κ2) is 4.89. The molecule has 1 aliphatic carbocycles. The van der Waals surface area contributed by atoms with Gasteiger partial charge in [0.25, 0.3) is 0 Å². The summed E-state index contributed by atoms with van der Waals surface area (Å²) in [5.41, 5.74) is 15.7. The van der Waals surface area contributed by atoms with Crippen molar-refractivity contribution in [2.45, 2.75) is 39.5 Å². The number of nitrogens with two attached hydrogens (primary N) is 2. The average Bonchev–Trinajstić information content (AvgIpc) is 2.23. The standard InChI is InChI=1S/C10H14N2.C2H6/c11-9-5-7-3-1-2-4-8(7)6-10(9)12;1-2/h5-6H,1-4,11-12H2;1-2H3. The lowest BCUT2D eigenvalue weighted by Crippen LogP contribution is -2.05. The zero-order valence-corrected chi connectivity index (χ0v) is 9.14. The number of nitrogen functional groups attached to an aromatic ring is 2. The number of aryl methyl sites for hydroxylation is 2. The molecule has 0 saturated carbocycles. The SMILES string of the molecule is CC.Nc1cc2c(cc1N)CCCC2. The van der Waals surface area contributed by atoms with E-state index in [0.717, 1.165) is 11.4 Å². The number of benzene rings is 1. The Bertz CT molecular complexity index is 274. The molecule has 1 aliphatic rings. The first-order valence-electron chi connectivity index (χ1n) is 5.44. The molecule has 14 heavy (non-hydrogen) atoms. The van der Waals surface area contributed by atoms with Gasteiger partial charge >= 0.3 is 0 Å². The van der Waals surface area contributed by atoms with Crippen molar-refractivity contribution >= 4 is 11.4 Å². The van der Waals surface area contributed by atoms with Crippen molar-refractivity contribution in [1.82, 2.24) is 0 Å². The topological polar surface area (TPSA) is 52.0 Å². The molecule has 2 nitrogen and oxygen atoms in total. The molecule has 0 aromatic heterocycles. The molecule has 0 amide bonds. The van der Waals surface area contributed by atoms with Crippen LogP contribution in [0.2, 0.25) is 0 Å². The van der Waals surface area contributed by atoms with E-state index in [4.69, 9.17) is 11.5 Å². The molecule has 0 aliphatic heterocycles. The summed E-state index contributed by atoms with van der Waals surface area (Å²) in [6.07, 6.45) is 4.91. The minimum atomic E-state index is 0.732. The van der Waals surface area contributed by atoms with Crippen LogP contribution in [-0.2, 0) is 12.8 Å². The van der Waals surface area contributed by atoms with Gasteiger partial charge in [0.15, 0.2) is 0 Å². The predicted octanol–water partition coefficient (Wildman–Crippen LogP) is 2.76. The van der Waals surface area contributed by atoms with Gasteiger partial charge in [-0.2, -0.15) is 0 Å². The first kappa shape index (κ1) is 10.9. The first-order valence-corrected chi connectivity index (χ1v) is 5.44. The molecular formula is C12H20N2. The van der Waals surface area contributed by atoms with Crippen LogP contribution in [0, 0.1) is 0 Å². The second-order valence-corrected chi connectivity index (χ2v) is 3.46. The molecule has 1 aromatic rings. The molecule has 0 unspecified atom stereocenters. The predicted molar refractivity (Wildman–Crippen MR) is 63.3 cm³/mol. The number of rotatable bonds is 0. The van der Waals surface area contributed by atoms with Crippen LogP contribution in [0.25, 0.3) is 0 Å². The van der Waals surface area contributed by atoms with Gasteiger partial charge < -0.3 is 11.5 Å². The molecule has 0 atom stereocenters. The van der Waals surface area contributed by atoms with E-state index >= 15 is 0 Å². The van der Waals surface area contributed by atoms with E-state index in [1.54, 1.807) is 0 Å². The van der Waals surface area contributed by atoms with Gasteiger partial charge in [-0.1, -0.05) is 13.8 Å². The van der Waals surface area contributed by atoms with Gasteiger partial charge in [0.05, 0.1) is 11.4 Å². The van der Waals surface area contributed by atoms with Gasteiger partial charge in [-0.3, -0.25) is 0 Å². The molecule has 4 N–H and O–H groups in total. The van der Waals surface area contributed by atoms with Crippen LogP contribution in [0.15, 0.2) is 12.1 Å². The van der Waals surface area contributed by atoms with Crippen molar-refractivity contribution in [1.29, 1.82) is 0 Å². The molecule has 0 spiro atoms. The van der Waals surface area contributed by atoms with Crippen LogP contribution >= 0.6 is 0 Å². The highest BCUT2D eigenvalue weighted by molar-refractivity contribution is 5.66. The lowest BCUT2D eigenvalue weighted by Gasteiger charge is -2.16. The highest BCUT2D eigenvalue weighted by Gasteiger charge is 2.10. The number of hydrogen-bond acceptors (Lipinski definition) is 2.